The molecule has 1 aromatic carbocycles. The van der Waals surface area contributed by atoms with Crippen molar-refractivity contribution in [1.82, 2.24) is 9.97 Å². The normalized spacial score (nSPS) is 10.7. The van der Waals surface area contributed by atoms with Crippen LogP contribution in [0.3, 0.4) is 0 Å². The fourth-order valence-electron chi connectivity index (χ4n) is 2.41. The first-order valence-corrected chi connectivity index (χ1v) is 6.67. The SMILES string of the molecule is Cc1cc(C)cc(Cc2nc(C)cc(CCN)n2)c1. The largest absolute Gasteiger partial charge is 0.330 e. The highest BCUT2D eigenvalue weighted by Crippen LogP contribution is 2.12. The number of aromatic nitrogens is 2. The lowest BCUT2D eigenvalue weighted by molar-refractivity contribution is 0.853. The van der Waals surface area contributed by atoms with Crippen LogP contribution in [-0.2, 0) is 12.8 Å². The molecule has 2 rings (SSSR count). The first-order chi connectivity index (χ1) is 9.06. The molecule has 0 spiro atoms. The van der Waals surface area contributed by atoms with Gasteiger partial charge in [0.1, 0.15) is 5.82 Å². The van der Waals surface area contributed by atoms with Crippen LogP contribution < -0.4 is 5.73 Å². The minimum Gasteiger partial charge on any atom is -0.330 e. The second-order valence-corrected chi connectivity index (χ2v) is 5.13. The molecule has 3 heteroatoms. The van der Waals surface area contributed by atoms with Crippen molar-refractivity contribution in [3.8, 4) is 0 Å². The fraction of sp³-hybridized carbons (Fsp3) is 0.375. The number of aryl methyl sites for hydroxylation is 3. The average molecular weight is 255 g/mol. The molecule has 0 atom stereocenters. The van der Waals surface area contributed by atoms with E-state index in [2.05, 4.69) is 42.0 Å². The van der Waals surface area contributed by atoms with Crippen molar-refractivity contribution in [2.24, 2.45) is 5.73 Å². The van der Waals surface area contributed by atoms with Crippen LogP contribution in [0.25, 0.3) is 0 Å². The highest BCUT2D eigenvalue weighted by Gasteiger charge is 2.04. The molecule has 100 valence electrons. The molecule has 2 N–H and O–H groups in total. The summed E-state index contributed by atoms with van der Waals surface area (Å²) in [5, 5.41) is 0. The predicted molar refractivity (Wildman–Crippen MR) is 78.2 cm³/mol. The van der Waals surface area contributed by atoms with Gasteiger partial charge in [-0.25, -0.2) is 9.97 Å². The van der Waals surface area contributed by atoms with Crippen molar-refractivity contribution in [1.29, 1.82) is 0 Å². The third-order valence-corrected chi connectivity index (χ3v) is 3.00. The van der Waals surface area contributed by atoms with Crippen molar-refractivity contribution >= 4 is 0 Å². The maximum Gasteiger partial charge on any atom is 0.133 e. The molecule has 1 aromatic heterocycles. The zero-order chi connectivity index (χ0) is 13.8. The van der Waals surface area contributed by atoms with E-state index in [4.69, 9.17) is 5.73 Å². The summed E-state index contributed by atoms with van der Waals surface area (Å²) in [6.07, 6.45) is 1.59. The molecule has 0 saturated carbocycles. The molecule has 0 aliphatic heterocycles. The molecule has 2 aromatic rings. The fourth-order valence-corrected chi connectivity index (χ4v) is 2.41. The minimum absolute atomic E-state index is 0.624. The topological polar surface area (TPSA) is 51.8 Å². The van der Waals surface area contributed by atoms with Crippen LogP contribution >= 0.6 is 0 Å². The highest BCUT2D eigenvalue weighted by molar-refractivity contribution is 5.30. The summed E-state index contributed by atoms with van der Waals surface area (Å²) in [7, 11) is 0. The molecule has 0 amide bonds. The van der Waals surface area contributed by atoms with Gasteiger partial charge in [0.05, 0.1) is 0 Å². The van der Waals surface area contributed by atoms with Crippen molar-refractivity contribution in [3.63, 3.8) is 0 Å². The van der Waals surface area contributed by atoms with E-state index in [0.717, 1.165) is 30.1 Å². The van der Waals surface area contributed by atoms with Gasteiger partial charge in [-0.15, -0.1) is 0 Å². The number of nitrogens with two attached hydrogens (primary N) is 1. The Hall–Kier alpha value is -1.74. The van der Waals surface area contributed by atoms with Gasteiger partial charge in [-0.1, -0.05) is 29.3 Å². The third-order valence-electron chi connectivity index (χ3n) is 3.00. The van der Waals surface area contributed by atoms with Gasteiger partial charge in [-0.2, -0.15) is 0 Å². The van der Waals surface area contributed by atoms with Crippen LogP contribution in [0.1, 0.15) is 33.9 Å². The van der Waals surface area contributed by atoms with Gasteiger partial charge < -0.3 is 5.73 Å². The molecule has 0 aliphatic rings. The number of rotatable bonds is 4. The summed E-state index contributed by atoms with van der Waals surface area (Å²) >= 11 is 0. The molecule has 0 unspecified atom stereocenters. The van der Waals surface area contributed by atoms with E-state index in [0.29, 0.717) is 6.54 Å². The Morgan fingerprint density at radius 2 is 1.63 bits per heavy atom. The summed E-state index contributed by atoms with van der Waals surface area (Å²) in [5.41, 5.74) is 11.5. The van der Waals surface area contributed by atoms with Crippen LogP contribution in [0.5, 0.6) is 0 Å². The molecule has 0 aliphatic carbocycles. The van der Waals surface area contributed by atoms with Crippen LogP contribution in [0.2, 0.25) is 0 Å². The van der Waals surface area contributed by atoms with Gasteiger partial charge in [-0.05, 0) is 38.9 Å². The highest BCUT2D eigenvalue weighted by atomic mass is 14.9. The molecule has 19 heavy (non-hydrogen) atoms. The van der Waals surface area contributed by atoms with Crippen molar-refractivity contribution < 1.29 is 0 Å². The Labute approximate surface area is 114 Å². The van der Waals surface area contributed by atoms with Gasteiger partial charge in [0.15, 0.2) is 0 Å². The number of benzene rings is 1. The number of nitrogens with zero attached hydrogens (tertiary/aromatic N) is 2. The standard InChI is InChI=1S/C16H21N3/c1-11-6-12(2)8-14(7-11)10-16-18-13(3)9-15(19-16)4-5-17/h6-9H,4-5,10,17H2,1-3H3. The summed E-state index contributed by atoms with van der Waals surface area (Å²) in [6.45, 7) is 6.87. The predicted octanol–water partition coefficient (Wildman–Crippen LogP) is 2.49. The first kappa shape index (κ1) is 13.7. The zero-order valence-electron chi connectivity index (χ0n) is 11.9. The third kappa shape index (κ3) is 3.86. The zero-order valence-corrected chi connectivity index (χ0v) is 11.9. The van der Waals surface area contributed by atoms with Crippen LogP contribution in [0.4, 0.5) is 0 Å². The molecule has 0 radical (unpaired) electrons. The van der Waals surface area contributed by atoms with E-state index in [9.17, 15) is 0 Å². The quantitative estimate of drug-likeness (QED) is 0.913. The number of hydrogen-bond donors (Lipinski definition) is 1. The monoisotopic (exact) mass is 255 g/mol. The average Bonchev–Trinajstić information content (AvgIpc) is 2.26. The Bertz CT molecular complexity index is 556. The van der Waals surface area contributed by atoms with E-state index < -0.39 is 0 Å². The lowest BCUT2D eigenvalue weighted by atomic mass is 10.0. The Kier molecular flexibility index (Phi) is 4.27. The van der Waals surface area contributed by atoms with E-state index in [1.807, 2.05) is 13.0 Å². The molecule has 3 nitrogen and oxygen atoms in total. The molecule has 0 fully saturated rings. The first-order valence-electron chi connectivity index (χ1n) is 6.67. The lowest BCUT2D eigenvalue weighted by Crippen LogP contribution is -2.08. The van der Waals surface area contributed by atoms with Crippen LogP contribution in [-0.4, -0.2) is 16.5 Å². The number of hydrogen-bond acceptors (Lipinski definition) is 3. The van der Waals surface area contributed by atoms with E-state index in [-0.39, 0.29) is 0 Å². The molecule has 0 bridgehead atoms. The summed E-state index contributed by atoms with van der Waals surface area (Å²) < 4.78 is 0. The summed E-state index contributed by atoms with van der Waals surface area (Å²) in [6, 6.07) is 8.58. The van der Waals surface area contributed by atoms with Gasteiger partial charge >= 0.3 is 0 Å². The lowest BCUT2D eigenvalue weighted by Gasteiger charge is -2.07. The summed E-state index contributed by atoms with van der Waals surface area (Å²) in [5.74, 6) is 0.883. The maximum atomic E-state index is 5.59. The summed E-state index contributed by atoms with van der Waals surface area (Å²) in [4.78, 5) is 9.11. The Balaban J connectivity index is 2.27. The second kappa shape index (κ2) is 5.93. The van der Waals surface area contributed by atoms with E-state index >= 15 is 0 Å². The molecular formula is C16H21N3. The van der Waals surface area contributed by atoms with Gasteiger partial charge in [0.2, 0.25) is 0 Å². The maximum absolute atomic E-state index is 5.59. The van der Waals surface area contributed by atoms with Gasteiger partial charge in [0.25, 0.3) is 0 Å². The molecular weight excluding hydrogens is 234 g/mol. The van der Waals surface area contributed by atoms with Gasteiger partial charge in [-0.3, -0.25) is 0 Å². The van der Waals surface area contributed by atoms with E-state index in [1.165, 1.54) is 16.7 Å². The van der Waals surface area contributed by atoms with Gasteiger partial charge in [0, 0.05) is 24.2 Å². The van der Waals surface area contributed by atoms with Crippen molar-refractivity contribution in [2.75, 3.05) is 6.54 Å². The van der Waals surface area contributed by atoms with Crippen molar-refractivity contribution in [2.45, 2.75) is 33.6 Å². The Morgan fingerprint density at radius 3 is 2.26 bits per heavy atom. The smallest absolute Gasteiger partial charge is 0.133 e. The minimum atomic E-state index is 0.624. The van der Waals surface area contributed by atoms with Crippen LogP contribution in [0, 0.1) is 20.8 Å². The molecule has 0 saturated heterocycles. The second-order valence-electron chi connectivity index (χ2n) is 5.13. The van der Waals surface area contributed by atoms with E-state index in [1.54, 1.807) is 0 Å². The van der Waals surface area contributed by atoms with Crippen LogP contribution in [0.15, 0.2) is 24.3 Å². The molecule has 1 heterocycles. The Morgan fingerprint density at radius 1 is 0.947 bits per heavy atom. The van der Waals surface area contributed by atoms with Crippen molar-refractivity contribution in [3.05, 3.63) is 58.2 Å².